The Hall–Kier alpha value is -0.710. The van der Waals surface area contributed by atoms with E-state index in [4.69, 9.17) is 5.84 Å². The summed E-state index contributed by atoms with van der Waals surface area (Å²) in [4.78, 5) is 0. The van der Waals surface area contributed by atoms with Gasteiger partial charge in [0.2, 0.25) is 0 Å². The Morgan fingerprint density at radius 1 is 1.21 bits per heavy atom. The Kier molecular flexibility index (Phi) is 5.55. The third-order valence-electron chi connectivity index (χ3n) is 3.66. The van der Waals surface area contributed by atoms with Crippen LogP contribution in [-0.2, 0) is 0 Å². The first-order valence-electron chi connectivity index (χ1n) is 6.83. The minimum atomic E-state index is -0.228. The minimum absolute atomic E-state index is 0.226. The van der Waals surface area contributed by atoms with E-state index in [1.165, 1.54) is 24.8 Å². The molecule has 0 spiro atoms. The van der Waals surface area contributed by atoms with Gasteiger partial charge in [0, 0.05) is 5.56 Å². The zero-order chi connectivity index (χ0) is 13.7. The normalized spacial score (nSPS) is 21.1. The van der Waals surface area contributed by atoms with E-state index >= 15 is 0 Å². The molecule has 0 saturated carbocycles. The number of benzene rings is 1. The van der Waals surface area contributed by atoms with Crippen molar-refractivity contribution < 1.29 is 4.39 Å². The molecule has 1 unspecified atom stereocenters. The summed E-state index contributed by atoms with van der Waals surface area (Å²) in [6, 6.07) is 5.12. The summed E-state index contributed by atoms with van der Waals surface area (Å²) >= 11 is 3.23. The number of nitrogens with one attached hydrogen (secondary N) is 1. The number of hydrogen-bond donors (Lipinski definition) is 2. The summed E-state index contributed by atoms with van der Waals surface area (Å²) in [5.74, 6) is 5.44. The van der Waals surface area contributed by atoms with Crippen LogP contribution in [0.5, 0.6) is 0 Å². The predicted molar refractivity (Wildman–Crippen MR) is 79.9 cm³/mol. The third-order valence-corrected chi connectivity index (χ3v) is 4.27. The summed E-state index contributed by atoms with van der Waals surface area (Å²) in [6.07, 6.45) is 9.17. The topological polar surface area (TPSA) is 38.0 Å². The van der Waals surface area contributed by atoms with Crippen molar-refractivity contribution >= 4 is 15.9 Å². The van der Waals surface area contributed by atoms with E-state index in [-0.39, 0.29) is 11.9 Å². The molecule has 1 atom stereocenters. The van der Waals surface area contributed by atoms with Crippen LogP contribution in [0.3, 0.4) is 0 Å². The molecule has 0 bridgehead atoms. The van der Waals surface area contributed by atoms with Gasteiger partial charge in [-0.25, -0.2) is 9.82 Å². The smallest absolute Gasteiger partial charge is 0.142 e. The van der Waals surface area contributed by atoms with Crippen molar-refractivity contribution in [2.75, 3.05) is 0 Å². The number of allylic oxidation sites excluding steroid dienone is 1. The molecule has 2 rings (SSSR count). The molecular formula is C15H20BrFN2. The fourth-order valence-electron chi connectivity index (χ4n) is 2.62. The molecule has 2 nitrogen and oxygen atoms in total. The first-order chi connectivity index (χ1) is 9.24. The molecule has 0 fully saturated rings. The van der Waals surface area contributed by atoms with Crippen LogP contribution in [0.2, 0.25) is 0 Å². The Morgan fingerprint density at radius 2 is 2.00 bits per heavy atom. The van der Waals surface area contributed by atoms with Gasteiger partial charge in [0.05, 0.1) is 10.5 Å². The number of nitrogens with two attached hydrogens (primary N) is 1. The van der Waals surface area contributed by atoms with Gasteiger partial charge in [-0.05, 0) is 47.7 Å². The quantitative estimate of drug-likeness (QED) is 0.491. The van der Waals surface area contributed by atoms with E-state index in [9.17, 15) is 4.39 Å². The minimum Gasteiger partial charge on any atom is -0.271 e. The highest BCUT2D eigenvalue weighted by molar-refractivity contribution is 9.10. The molecule has 4 heteroatoms. The van der Waals surface area contributed by atoms with Crippen molar-refractivity contribution in [3.8, 4) is 0 Å². The van der Waals surface area contributed by atoms with Crippen LogP contribution in [0.4, 0.5) is 4.39 Å². The second-order valence-electron chi connectivity index (χ2n) is 4.97. The lowest BCUT2D eigenvalue weighted by Gasteiger charge is -2.22. The maximum atomic E-state index is 14.2. The van der Waals surface area contributed by atoms with E-state index < -0.39 is 0 Å². The van der Waals surface area contributed by atoms with E-state index in [0.717, 1.165) is 19.3 Å². The number of hydrazine groups is 1. The fourth-order valence-corrected chi connectivity index (χ4v) is 3.00. The van der Waals surface area contributed by atoms with E-state index in [2.05, 4.69) is 27.4 Å². The van der Waals surface area contributed by atoms with Gasteiger partial charge in [-0.15, -0.1) is 0 Å². The van der Waals surface area contributed by atoms with Gasteiger partial charge in [0.15, 0.2) is 0 Å². The Morgan fingerprint density at radius 3 is 2.79 bits per heavy atom. The molecule has 0 aromatic heterocycles. The zero-order valence-electron chi connectivity index (χ0n) is 11.0. The van der Waals surface area contributed by atoms with Crippen LogP contribution in [0.25, 0.3) is 0 Å². The average Bonchev–Trinajstić information content (AvgIpc) is 2.37. The summed E-state index contributed by atoms with van der Waals surface area (Å²) in [5.41, 5.74) is 4.60. The van der Waals surface area contributed by atoms with Crippen LogP contribution < -0.4 is 11.3 Å². The molecule has 1 aromatic rings. The predicted octanol–water partition coefficient (Wildman–Crippen LogP) is 4.37. The Bertz CT molecular complexity index is 459. The monoisotopic (exact) mass is 326 g/mol. The van der Waals surface area contributed by atoms with Gasteiger partial charge in [0.25, 0.3) is 0 Å². The summed E-state index contributed by atoms with van der Waals surface area (Å²) in [6.45, 7) is 0. The molecule has 0 heterocycles. The maximum Gasteiger partial charge on any atom is 0.142 e. The van der Waals surface area contributed by atoms with Crippen molar-refractivity contribution in [3.05, 3.63) is 45.7 Å². The number of halogens is 2. The molecule has 0 saturated heterocycles. The second kappa shape index (κ2) is 7.17. The molecule has 0 radical (unpaired) electrons. The van der Waals surface area contributed by atoms with Crippen LogP contribution in [0, 0.1) is 5.82 Å². The van der Waals surface area contributed by atoms with Crippen LogP contribution in [-0.4, -0.2) is 0 Å². The second-order valence-corrected chi connectivity index (χ2v) is 5.83. The zero-order valence-corrected chi connectivity index (χ0v) is 12.5. The molecule has 1 aromatic carbocycles. The molecule has 19 heavy (non-hydrogen) atoms. The molecule has 0 amide bonds. The summed E-state index contributed by atoms with van der Waals surface area (Å²) in [7, 11) is 0. The highest BCUT2D eigenvalue weighted by atomic mass is 79.9. The molecule has 0 aliphatic heterocycles. The molecular weight excluding hydrogens is 307 g/mol. The molecule has 1 aliphatic carbocycles. The first-order valence-corrected chi connectivity index (χ1v) is 7.62. The van der Waals surface area contributed by atoms with E-state index in [1.54, 1.807) is 12.1 Å². The third kappa shape index (κ3) is 3.65. The van der Waals surface area contributed by atoms with Crippen molar-refractivity contribution in [2.24, 2.45) is 5.84 Å². The van der Waals surface area contributed by atoms with Crippen LogP contribution >= 0.6 is 15.9 Å². The first kappa shape index (κ1) is 14.7. The Labute approximate surface area is 122 Å². The summed E-state index contributed by atoms with van der Waals surface area (Å²) in [5, 5.41) is 0. The van der Waals surface area contributed by atoms with Crippen LogP contribution in [0.1, 0.15) is 50.1 Å². The lowest BCUT2D eigenvalue weighted by atomic mass is 9.91. The van der Waals surface area contributed by atoms with E-state index in [0.29, 0.717) is 10.0 Å². The standard InChI is InChI=1S/C15H20BrFN2/c16-13-10-6-9-12(14(13)17)15(19-18)11-7-4-2-1-3-5-8-11/h6-7,9-10,15,19H,1-5,8,18H2/b11-7+. The van der Waals surface area contributed by atoms with Gasteiger partial charge >= 0.3 is 0 Å². The SMILES string of the molecule is NNC(/C1=C/CCCCCC1)c1cccc(Br)c1F. The highest BCUT2D eigenvalue weighted by Gasteiger charge is 2.20. The van der Waals surface area contributed by atoms with Gasteiger partial charge < -0.3 is 0 Å². The lowest BCUT2D eigenvalue weighted by molar-refractivity contribution is 0.523. The molecule has 1 aliphatic rings. The lowest BCUT2D eigenvalue weighted by Crippen LogP contribution is -2.30. The Balaban J connectivity index is 2.30. The van der Waals surface area contributed by atoms with Gasteiger partial charge in [-0.3, -0.25) is 5.84 Å². The fraction of sp³-hybridized carbons (Fsp3) is 0.467. The average molecular weight is 327 g/mol. The van der Waals surface area contributed by atoms with Gasteiger partial charge in [-0.1, -0.05) is 36.6 Å². The maximum absolute atomic E-state index is 14.2. The van der Waals surface area contributed by atoms with E-state index in [1.807, 2.05) is 6.07 Å². The van der Waals surface area contributed by atoms with Gasteiger partial charge in [-0.2, -0.15) is 0 Å². The number of rotatable bonds is 3. The molecule has 104 valence electrons. The van der Waals surface area contributed by atoms with Crippen LogP contribution in [0.15, 0.2) is 34.3 Å². The van der Waals surface area contributed by atoms with Crippen molar-refractivity contribution in [1.29, 1.82) is 0 Å². The van der Waals surface area contributed by atoms with Crippen molar-refractivity contribution in [3.63, 3.8) is 0 Å². The largest absolute Gasteiger partial charge is 0.271 e. The highest BCUT2D eigenvalue weighted by Crippen LogP contribution is 2.31. The van der Waals surface area contributed by atoms with Crippen molar-refractivity contribution in [2.45, 2.75) is 44.6 Å². The van der Waals surface area contributed by atoms with Crippen molar-refractivity contribution in [1.82, 2.24) is 5.43 Å². The van der Waals surface area contributed by atoms with Gasteiger partial charge in [0.1, 0.15) is 5.82 Å². The molecule has 3 N–H and O–H groups in total. The number of hydrogen-bond acceptors (Lipinski definition) is 2. The summed E-state index contributed by atoms with van der Waals surface area (Å²) < 4.78 is 14.7.